The number of hydrogen-bond acceptors (Lipinski definition) is 2. The summed E-state index contributed by atoms with van der Waals surface area (Å²) in [7, 11) is 0. The zero-order chi connectivity index (χ0) is 9.83. The Bertz CT molecular complexity index is 142. The second-order valence-electron chi connectivity index (χ2n) is 4.85. The molecule has 0 aliphatic heterocycles. The Labute approximate surface area is 75.3 Å². The second-order valence-corrected chi connectivity index (χ2v) is 4.85. The van der Waals surface area contributed by atoms with E-state index in [1.165, 1.54) is 0 Å². The summed E-state index contributed by atoms with van der Waals surface area (Å²) in [5.41, 5.74) is 0.454. The van der Waals surface area contributed by atoms with Crippen molar-refractivity contribution in [3.63, 3.8) is 0 Å². The van der Waals surface area contributed by atoms with E-state index in [4.69, 9.17) is 0 Å². The molecule has 0 aromatic rings. The van der Waals surface area contributed by atoms with E-state index in [1.807, 2.05) is 0 Å². The van der Waals surface area contributed by atoms with Gasteiger partial charge in [0, 0.05) is 0 Å². The summed E-state index contributed by atoms with van der Waals surface area (Å²) < 4.78 is 4.68. The number of rotatable bonds is 4. The van der Waals surface area contributed by atoms with Crippen LogP contribution in [0, 0.1) is 10.8 Å². The van der Waals surface area contributed by atoms with E-state index in [-0.39, 0.29) is 10.8 Å². The third-order valence-electron chi connectivity index (χ3n) is 2.94. The van der Waals surface area contributed by atoms with Crippen molar-refractivity contribution in [1.82, 2.24) is 0 Å². The topological polar surface area (TPSA) is 26.3 Å². The van der Waals surface area contributed by atoms with E-state index < -0.39 is 0 Å². The highest BCUT2D eigenvalue weighted by molar-refractivity contribution is 5.36. The highest BCUT2D eigenvalue weighted by Gasteiger charge is 2.32. The molecule has 0 aliphatic rings. The lowest BCUT2D eigenvalue weighted by atomic mass is 9.67. The summed E-state index contributed by atoms with van der Waals surface area (Å²) in [5, 5.41) is 0. The van der Waals surface area contributed by atoms with Crippen molar-refractivity contribution in [3.05, 3.63) is 0 Å². The van der Waals surface area contributed by atoms with Crippen molar-refractivity contribution in [2.24, 2.45) is 10.8 Å². The molecule has 0 aliphatic carbocycles. The molecule has 72 valence electrons. The quantitative estimate of drug-likeness (QED) is 0.481. The van der Waals surface area contributed by atoms with Gasteiger partial charge in [0.15, 0.2) is 0 Å². The van der Waals surface area contributed by atoms with Gasteiger partial charge in [0.1, 0.15) is 0 Å². The van der Waals surface area contributed by atoms with Gasteiger partial charge < -0.3 is 4.74 Å². The molecule has 12 heavy (non-hydrogen) atoms. The summed E-state index contributed by atoms with van der Waals surface area (Å²) in [6, 6.07) is 0. The first kappa shape index (κ1) is 11.5. The minimum atomic E-state index is 0.204. The molecule has 0 saturated carbocycles. The molecule has 0 aromatic heterocycles. The lowest BCUT2D eigenvalue weighted by Crippen LogP contribution is -2.30. The molecule has 0 atom stereocenters. The Kier molecular flexibility index (Phi) is 3.75. The molecule has 0 N–H and O–H groups in total. The molecule has 0 radical (unpaired) electrons. The summed E-state index contributed by atoms with van der Waals surface area (Å²) in [6.07, 6.45) is 0.912. The summed E-state index contributed by atoms with van der Waals surface area (Å²) in [4.78, 5) is 9.92. The van der Waals surface area contributed by atoms with Crippen LogP contribution in [0.5, 0.6) is 0 Å². The number of carbonyl (C=O) groups is 1. The van der Waals surface area contributed by atoms with Gasteiger partial charge >= 0.3 is 0 Å². The van der Waals surface area contributed by atoms with Gasteiger partial charge in [-0.05, 0) is 17.3 Å². The van der Waals surface area contributed by atoms with Crippen molar-refractivity contribution in [2.45, 2.75) is 41.0 Å². The van der Waals surface area contributed by atoms with Crippen molar-refractivity contribution in [1.29, 1.82) is 0 Å². The largest absolute Gasteiger partial charge is 0.468 e. The monoisotopic (exact) mass is 172 g/mol. The van der Waals surface area contributed by atoms with Gasteiger partial charge in [-0.25, -0.2) is 0 Å². The van der Waals surface area contributed by atoms with E-state index >= 15 is 0 Å². The Balaban J connectivity index is 3.95. The second kappa shape index (κ2) is 3.92. The Morgan fingerprint density at radius 1 is 1.17 bits per heavy atom. The molecule has 2 heteroatoms. The summed E-state index contributed by atoms with van der Waals surface area (Å²) in [6.45, 7) is 12.0. The van der Waals surface area contributed by atoms with Crippen LogP contribution in [0.2, 0.25) is 0 Å². The maximum atomic E-state index is 9.92. The zero-order valence-corrected chi connectivity index (χ0v) is 8.81. The maximum absolute atomic E-state index is 9.92. The van der Waals surface area contributed by atoms with E-state index in [1.54, 1.807) is 0 Å². The van der Waals surface area contributed by atoms with Crippen LogP contribution in [-0.4, -0.2) is 13.1 Å². The molecule has 0 heterocycles. The minimum absolute atomic E-state index is 0.204. The van der Waals surface area contributed by atoms with E-state index in [0.717, 1.165) is 6.42 Å². The Morgan fingerprint density at radius 3 is 2.00 bits per heavy atom. The minimum Gasteiger partial charge on any atom is -0.468 e. The lowest BCUT2D eigenvalue weighted by molar-refractivity contribution is -0.129. The van der Waals surface area contributed by atoms with Gasteiger partial charge in [-0.1, -0.05) is 34.6 Å². The first-order valence-electron chi connectivity index (χ1n) is 4.36. The predicted molar refractivity (Wildman–Crippen MR) is 49.9 cm³/mol. The molecule has 0 rings (SSSR count). The van der Waals surface area contributed by atoms with Crippen LogP contribution >= 0.6 is 0 Å². The maximum Gasteiger partial charge on any atom is 0.293 e. The van der Waals surface area contributed by atoms with Crippen LogP contribution < -0.4 is 0 Å². The van der Waals surface area contributed by atoms with Gasteiger partial charge in [-0.2, -0.15) is 0 Å². The molecular formula is C10H20O2. The fraction of sp³-hybridized carbons (Fsp3) is 0.900. The predicted octanol–water partition coefficient (Wildman–Crippen LogP) is 2.62. The fourth-order valence-corrected chi connectivity index (χ4v) is 0.737. The van der Waals surface area contributed by atoms with Crippen LogP contribution in [0.15, 0.2) is 0 Å². The molecule has 0 spiro atoms. The van der Waals surface area contributed by atoms with Gasteiger partial charge in [0.25, 0.3) is 6.47 Å². The molecular weight excluding hydrogens is 152 g/mol. The van der Waals surface area contributed by atoms with Gasteiger partial charge in [0.05, 0.1) is 6.61 Å². The molecule has 0 saturated heterocycles. The Hall–Kier alpha value is -0.530. The van der Waals surface area contributed by atoms with E-state index in [9.17, 15) is 4.79 Å². The number of carbonyl (C=O) groups excluding carboxylic acids is 1. The molecule has 0 fully saturated rings. The van der Waals surface area contributed by atoms with Crippen LogP contribution in [0.1, 0.15) is 41.0 Å². The zero-order valence-electron chi connectivity index (χ0n) is 8.81. The summed E-state index contributed by atoms with van der Waals surface area (Å²) in [5.74, 6) is 0. The van der Waals surface area contributed by atoms with Crippen molar-refractivity contribution in [3.8, 4) is 0 Å². The smallest absolute Gasteiger partial charge is 0.293 e. The normalized spacial score (nSPS) is 12.8. The fourth-order valence-electron chi connectivity index (χ4n) is 0.737. The first-order valence-corrected chi connectivity index (χ1v) is 4.36. The molecule has 0 aromatic carbocycles. The van der Waals surface area contributed by atoms with Crippen LogP contribution in [0.4, 0.5) is 0 Å². The van der Waals surface area contributed by atoms with Crippen LogP contribution in [0.3, 0.4) is 0 Å². The molecule has 0 amide bonds. The van der Waals surface area contributed by atoms with Crippen LogP contribution in [0.25, 0.3) is 0 Å². The van der Waals surface area contributed by atoms with Gasteiger partial charge in [-0.3, -0.25) is 4.79 Å². The van der Waals surface area contributed by atoms with E-state index in [2.05, 4.69) is 39.4 Å². The third-order valence-corrected chi connectivity index (χ3v) is 2.94. The average molecular weight is 172 g/mol. The van der Waals surface area contributed by atoms with Gasteiger partial charge in [-0.15, -0.1) is 0 Å². The average Bonchev–Trinajstić information content (AvgIpc) is 1.85. The van der Waals surface area contributed by atoms with Crippen molar-refractivity contribution >= 4 is 6.47 Å². The van der Waals surface area contributed by atoms with Gasteiger partial charge in [0.2, 0.25) is 0 Å². The molecule has 0 bridgehead atoms. The van der Waals surface area contributed by atoms with Crippen molar-refractivity contribution in [2.75, 3.05) is 6.61 Å². The number of hydrogen-bond donors (Lipinski definition) is 0. The number of ether oxygens (including phenoxy) is 1. The molecule has 0 unspecified atom stereocenters. The van der Waals surface area contributed by atoms with E-state index in [0.29, 0.717) is 13.1 Å². The first-order chi connectivity index (χ1) is 5.31. The SMILES string of the molecule is CC(C)(C)C(C)(C)CCOC=O. The third kappa shape index (κ3) is 3.24. The standard InChI is InChI=1S/C10H20O2/c1-9(2,3)10(4,5)6-7-12-8-11/h8H,6-7H2,1-5H3. The van der Waals surface area contributed by atoms with Crippen LogP contribution in [-0.2, 0) is 9.53 Å². The highest BCUT2D eigenvalue weighted by atomic mass is 16.5. The van der Waals surface area contributed by atoms with Crippen molar-refractivity contribution < 1.29 is 9.53 Å². The molecule has 2 nitrogen and oxygen atoms in total. The summed E-state index contributed by atoms with van der Waals surface area (Å²) >= 11 is 0. The highest BCUT2D eigenvalue weighted by Crippen LogP contribution is 2.40. The Morgan fingerprint density at radius 2 is 1.67 bits per heavy atom. The lowest BCUT2D eigenvalue weighted by Gasteiger charge is -2.38.